The van der Waals surface area contributed by atoms with Gasteiger partial charge >= 0.3 is 0 Å². The molecule has 0 aromatic heterocycles. The molecule has 1 atom stereocenters. The van der Waals surface area contributed by atoms with Gasteiger partial charge in [0.15, 0.2) is 5.96 Å². The van der Waals surface area contributed by atoms with Crippen molar-refractivity contribution >= 4 is 35.8 Å². The topological polar surface area (TPSA) is 72.0 Å². The van der Waals surface area contributed by atoms with E-state index in [1.54, 1.807) is 7.05 Å². The van der Waals surface area contributed by atoms with E-state index in [4.69, 9.17) is 0 Å². The number of carbonyl (C=O) groups excluding carboxylic acids is 1. The molecule has 1 heterocycles. The van der Waals surface area contributed by atoms with Crippen LogP contribution in [-0.2, 0) is 6.54 Å². The molecule has 1 fully saturated rings. The van der Waals surface area contributed by atoms with Gasteiger partial charge in [0.05, 0.1) is 0 Å². The van der Waals surface area contributed by atoms with Crippen LogP contribution in [-0.4, -0.2) is 81.6 Å². The number of halogens is 1. The summed E-state index contributed by atoms with van der Waals surface area (Å²) in [5, 5.41) is 9.74. The number of benzene rings is 1. The highest BCUT2D eigenvalue weighted by Gasteiger charge is 2.22. The van der Waals surface area contributed by atoms with E-state index in [2.05, 4.69) is 32.8 Å². The first-order valence-electron chi connectivity index (χ1n) is 10.2. The molecule has 1 unspecified atom stereocenters. The molecular weight excluding hydrogens is 479 g/mol. The fourth-order valence-electron chi connectivity index (χ4n) is 3.48. The number of nitrogens with one attached hydrogen (secondary N) is 3. The Morgan fingerprint density at radius 1 is 1.28 bits per heavy atom. The van der Waals surface area contributed by atoms with E-state index in [1.165, 1.54) is 19.4 Å². The second kappa shape index (κ2) is 13.8. The lowest BCUT2D eigenvalue weighted by Crippen LogP contribution is -2.44. The van der Waals surface area contributed by atoms with Gasteiger partial charge in [0.1, 0.15) is 0 Å². The third-order valence-electron chi connectivity index (χ3n) is 5.13. The van der Waals surface area contributed by atoms with Crippen molar-refractivity contribution in [3.05, 3.63) is 35.4 Å². The molecule has 7 nitrogen and oxygen atoms in total. The van der Waals surface area contributed by atoms with Gasteiger partial charge in [-0.15, -0.1) is 24.0 Å². The minimum Gasteiger partial charge on any atom is -0.355 e. The van der Waals surface area contributed by atoms with E-state index in [9.17, 15) is 4.79 Å². The molecular formula is C21H37IN6O. The van der Waals surface area contributed by atoms with Crippen LogP contribution in [0.3, 0.4) is 0 Å². The molecule has 1 aromatic carbocycles. The maximum Gasteiger partial charge on any atom is 0.251 e. The summed E-state index contributed by atoms with van der Waals surface area (Å²) in [6, 6.07) is 8.30. The van der Waals surface area contributed by atoms with Gasteiger partial charge in [-0.05, 0) is 57.7 Å². The Morgan fingerprint density at radius 3 is 2.76 bits per heavy atom. The van der Waals surface area contributed by atoms with Crippen molar-refractivity contribution in [1.29, 1.82) is 0 Å². The van der Waals surface area contributed by atoms with Crippen molar-refractivity contribution < 1.29 is 4.79 Å². The minimum atomic E-state index is -0.0351. The zero-order valence-electron chi connectivity index (χ0n) is 18.2. The highest BCUT2D eigenvalue weighted by atomic mass is 127. The molecule has 2 rings (SSSR count). The summed E-state index contributed by atoms with van der Waals surface area (Å²) in [4.78, 5) is 21.2. The molecule has 1 amide bonds. The molecule has 164 valence electrons. The summed E-state index contributed by atoms with van der Waals surface area (Å²) in [6.07, 6.45) is 2.51. The summed E-state index contributed by atoms with van der Waals surface area (Å²) in [5.41, 5.74) is 1.74. The Kier molecular flexibility index (Phi) is 12.2. The van der Waals surface area contributed by atoms with Crippen LogP contribution in [0.15, 0.2) is 29.3 Å². The largest absolute Gasteiger partial charge is 0.355 e. The van der Waals surface area contributed by atoms with Crippen LogP contribution in [0.2, 0.25) is 0 Å². The van der Waals surface area contributed by atoms with Gasteiger partial charge in [-0.25, -0.2) is 0 Å². The third kappa shape index (κ3) is 8.88. The van der Waals surface area contributed by atoms with Crippen molar-refractivity contribution in [2.75, 3.05) is 53.9 Å². The van der Waals surface area contributed by atoms with Crippen LogP contribution < -0.4 is 16.0 Å². The SMILES string of the molecule is CCN1CCCC1CNC(=NC)NCc1cccc(C(=O)NCCN(C)C)c1.I. The Labute approximate surface area is 192 Å². The molecule has 8 heteroatoms. The Bertz CT molecular complexity index is 652. The number of aliphatic imine (C=N–C) groups is 1. The van der Waals surface area contributed by atoms with Gasteiger partial charge in [-0.1, -0.05) is 19.1 Å². The quantitative estimate of drug-likeness (QED) is 0.265. The number of hydrogen-bond acceptors (Lipinski definition) is 4. The first-order chi connectivity index (χ1) is 13.5. The highest BCUT2D eigenvalue weighted by molar-refractivity contribution is 14.0. The Balaban J connectivity index is 0.00000420. The van der Waals surface area contributed by atoms with E-state index >= 15 is 0 Å². The molecule has 0 saturated carbocycles. The number of amides is 1. The van der Waals surface area contributed by atoms with Crippen LogP contribution in [0.5, 0.6) is 0 Å². The summed E-state index contributed by atoms with van der Waals surface area (Å²) in [7, 11) is 5.77. The molecule has 1 aliphatic rings. The number of likely N-dealkylation sites (tertiary alicyclic amines) is 1. The normalized spacial score (nSPS) is 17.1. The standard InChI is InChI=1S/C21H36N6O.HI/c1-5-27-12-7-10-19(27)16-25-21(22-2)24-15-17-8-6-9-18(14-17)20(28)23-11-13-26(3)4;/h6,8-9,14,19H,5,7,10-13,15-16H2,1-4H3,(H,23,28)(H2,22,24,25);1H. The van der Waals surface area contributed by atoms with E-state index in [0.29, 0.717) is 24.7 Å². The average Bonchev–Trinajstić information content (AvgIpc) is 3.15. The molecule has 0 radical (unpaired) electrons. The Hall–Kier alpha value is -1.39. The summed E-state index contributed by atoms with van der Waals surface area (Å²) < 4.78 is 0. The zero-order valence-corrected chi connectivity index (χ0v) is 20.5. The molecule has 0 spiro atoms. The number of nitrogens with zero attached hydrogens (tertiary/aromatic N) is 3. The van der Waals surface area contributed by atoms with E-state index in [1.807, 2.05) is 43.3 Å². The Morgan fingerprint density at radius 2 is 2.07 bits per heavy atom. The molecule has 0 aliphatic carbocycles. The summed E-state index contributed by atoms with van der Waals surface area (Å²) in [5.74, 6) is 0.760. The smallest absolute Gasteiger partial charge is 0.251 e. The first kappa shape index (κ1) is 25.6. The van der Waals surface area contributed by atoms with Crippen LogP contribution in [0.25, 0.3) is 0 Å². The van der Waals surface area contributed by atoms with Crippen molar-refractivity contribution in [2.24, 2.45) is 4.99 Å². The van der Waals surface area contributed by atoms with Crippen LogP contribution in [0.4, 0.5) is 0 Å². The lowest BCUT2D eigenvalue weighted by Gasteiger charge is -2.24. The lowest BCUT2D eigenvalue weighted by atomic mass is 10.1. The van der Waals surface area contributed by atoms with Crippen LogP contribution >= 0.6 is 24.0 Å². The number of hydrogen-bond donors (Lipinski definition) is 3. The summed E-state index contributed by atoms with van der Waals surface area (Å²) >= 11 is 0. The number of guanidine groups is 1. The van der Waals surface area contributed by atoms with Crippen LogP contribution in [0, 0.1) is 0 Å². The molecule has 1 aliphatic heterocycles. The van der Waals surface area contributed by atoms with E-state index in [-0.39, 0.29) is 29.9 Å². The molecule has 0 bridgehead atoms. The first-order valence-corrected chi connectivity index (χ1v) is 10.2. The number of rotatable bonds is 9. The van der Waals surface area contributed by atoms with Gasteiger partial charge < -0.3 is 20.9 Å². The van der Waals surface area contributed by atoms with Gasteiger partial charge in [0.25, 0.3) is 5.91 Å². The second-order valence-corrected chi connectivity index (χ2v) is 7.49. The van der Waals surface area contributed by atoms with Crippen molar-refractivity contribution in [1.82, 2.24) is 25.8 Å². The van der Waals surface area contributed by atoms with Gasteiger partial charge in [-0.3, -0.25) is 14.7 Å². The van der Waals surface area contributed by atoms with Crippen molar-refractivity contribution in [2.45, 2.75) is 32.4 Å². The van der Waals surface area contributed by atoms with Gasteiger partial charge in [0, 0.05) is 44.8 Å². The number of likely N-dealkylation sites (N-methyl/N-ethyl adjacent to an activating group) is 2. The second-order valence-electron chi connectivity index (χ2n) is 7.49. The maximum absolute atomic E-state index is 12.3. The highest BCUT2D eigenvalue weighted by Crippen LogP contribution is 2.15. The molecule has 1 aromatic rings. The van der Waals surface area contributed by atoms with Crippen molar-refractivity contribution in [3.8, 4) is 0 Å². The fraction of sp³-hybridized carbons (Fsp3) is 0.619. The van der Waals surface area contributed by atoms with E-state index < -0.39 is 0 Å². The van der Waals surface area contributed by atoms with Crippen molar-refractivity contribution in [3.63, 3.8) is 0 Å². The van der Waals surface area contributed by atoms with E-state index in [0.717, 1.165) is 31.2 Å². The number of carbonyl (C=O) groups is 1. The summed E-state index contributed by atoms with van der Waals surface area (Å²) in [6.45, 7) is 7.50. The fourth-order valence-corrected chi connectivity index (χ4v) is 3.48. The predicted molar refractivity (Wildman–Crippen MR) is 131 cm³/mol. The van der Waals surface area contributed by atoms with Gasteiger partial charge in [0.2, 0.25) is 0 Å². The molecule has 1 saturated heterocycles. The predicted octanol–water partition coefficient (Wildman–Crippen LogP) is 1.75. The zero-order chi connectivity index (χ0) is 20.4. The maximum atomic E-state index is 12.3. The van der Waals surface area contributed by atoms with Gasteiger partial charge in [-0.2, -0.15) is 0 Å². The third-order valence-corrected chi connectivity index (χ3v) is 5.13. The average molecular weight is 516 g/mol. The monoisotopic (exact) mass is 516 g/mol. The lowest BCUT2D eigenvalue weighted by molar-refractivity contribution is 0.0951. The minimum absolute atomic E-state index is 0. The molecule has 29 heavy (non-hydrogen) atoms. The molecule has 3 N–H and O–H groups in total. The van der Waals surface area contributed by atoms with Crippen LogP contribution in [0.1, 0.15) is 35.7 Å².